The van der Waals surface area contributed by atoms with Crippen molar-refractivity contribution in [3.8, 4) is 11.5 Å². The lowest BCUT2D eigenvalue weighted by Crippen LogP contribution is -2.54. The molecule has 4 amide bonds. The molecule has 2 aliphatic heterocycles. The summed E-state index contributed by atoms with van der Waals surface area (Å²) in [6.45, 7) is 0.00953. The van der Waals surface area contributed by atoms with Gasteiger partial charge in [-0.1, -0.05) is 6.07 Å². The van der Waals surface area contributed by atoms with Gasteiger partial charge in [0.25, 0.3) is 5.91 Å². The summed E-state index contributed by atoms with van der Waals surface area (Å²) in [5.74, 6) is -2.07. The molecule has 2 aliphatic rings. The molecule has 3 rings (SSSR count). The van der Waals surface area contributed by atoms with Gasteiger partial charge in [-0.05, 0) is 30.5 Å². The Labute approximate surface area is 176 Å². The second-order valence-corrected chi connectivity index (χ2v) is 8.11. The number of carbonyl (C=O) groups excluding carboxylic acids is 3. The number of fused-ring (bicyclic) bond motifs is 2. The Morgan fingerprint density at radius 2 is 1.94 bits per heavy atom. The summed E-state index contributed by atoms with van der Waals surface area (Å²) in [4.78, 5) is 37.9. The second kappa shape index (κ2) is 8.54. The number of rotatable bonds is 6. The van der Waals surface area contributed by atoms with E-state index in [2.05, 4.69) is 15.1 Å². The summed E-state index contributed by atoms with van der Waals surface area (Å²) in [5.41, 5.74) is 10.6. The number of benzene rings is 1. The van der Waals surface area contributed by atoms with Crippen molar-refractivity contribution < 1.29 is 41.9 Å². The quantitative estimate of drug-likeness (QED) is 0.167. The van der Waals surface area contributed by atoms with E-state index in [0.29, 0.717) is 10.6 Å². The summed E-state index contributed by atoms with van der Waals surface area (Å²) < 4.78 is 34.9. The van der Waals surface area contributed by atoms with Gasteiger partial charge in [-0.2, -0.15) is 13.5 Å². The highest BCUT2D eigenvalue weighted by molar-refractivity contribution is 7.80. The molecule has 31 heavy (non-hydrogen) atoms. The number of nitrogens with zero attached hydrogens (tertiary/aromatic N) is 2. The zero-order chi connectivity index (χ0) is 22.9. The summed E-state index contributed by atoms with van der Waals surface area (Å²) in [6.07, 6.45) is 0.157. The summed E-state index contributed by atoms with van der Waals surface area (Å²) in [7, 11) is -4.90. The predicted molar refractivity (Wildman–Crippen MR) is 101 cm³/mol. The van der Waals surface area contributed by atoms with Crippen LogP contribution in [0.2, 0.25) is 0 Å². The van der Waals surface area contributed by atoms with Crippen molar-refractivity contribution in [3.05, 3.63) is 23.8 Å². The van der Waals surface area contributed by atoms with Crippen LogP contribution in [-0.2, 0) is 24.3 Å². The van der Waals surface area contributed by atoms with E-state index in [1.165, 1.54) is 18.2 Å². The molecule has 7 N–H and O–H groups in total. The molecule has 2 saturated heterocycles. The first-order valence-electron chi connectivity index (χ1n) is 9.09. The SMILES string of the molecule is NC(CC(=O)NNC(=O)[C@@H]1CC[C@H]2CN1C(=O)N2OS(=O)(=O)O)c1ccc(O)c(O)c1. The fraction of sp³-hybridized carbons (Fsp3) is 0.438. The third-order valence-electron chi connectivity index (χ3n) is 4.96. The highest BCUT2D eigenvalue weighted by Crippen LogP contribution is 2.31. The van der Waals surface area contributed by atoms with Crippen LogP contribution in [0, 0.1) is 0 Å². The topological polar surface area (TPSA) is 212 Å². The number of urea groups is 1. The normalized spacial score (nSPS) is 21.7. The van der Waals surface area contributed by atoms with E-state index in [-0.39, 0.29) is 37.3 Å². The molecule has 2 heterocycles. The molecular formula is C16H21N5O9S. The van der Waals surface area contributed by atoms with Gasteiger partial charge in [-0.15, -0.1) is 4.28 Å². The Morgan fingerprint density at radius 3 is 2.58 bits per heavy atom. The molecule has 0 spiro atoms. The lowest BCUT2D eigenvalue weighted by molar-refractivity contribution is -0.132. The Balaban J connectivity index is 1.53. The molecule has 2 fully saturated rings. The molecule has 0 saturated carbocycles. The van der Waals surface area contributed by atoms with Crippen molar-refractivity contribution in [1.29, 1.82) is 0 Å². The van der Waals surface area contributed by atoms with E-state index in [0.717, 1.165) is 4.90 Å². The lowest BCUT2D eigenvalue weighted by atomic mass is 10.0. The molecule has 0 aliphatic carbocycles. The number of piperidine rings is 1. The van der Waals surface area contributed by atoms with Crippen LogP contribution in [0.3, 0.4) is 0 Å². The minimum Gasteiger partial charge on any atom is -0.504 e. The molecule has 170 valence electrons. The fourth-order valence-corrected chi connectivity index (χ4v) is 3.85. The highest BCUT2D eigenvalue weighted by atomic mass is 32.3. The second-order valence-electron chi connectivity index (χ2n) is 7.11. The van der Waals surface area contributed by atoms with E-state index < -0.39 is 46.4 Å². The van der Waals surface area contributed by atoms with E-state index in [1.807, 2.05) is 0 Å². The van der Waals surface area contributed by atoms with Gasteiger partial charge in [0, 0.05) is 19.0 Å². The van der Waals surface area contributed by atoms with E-state index >= 15 is 0 Å². The van der Waals surface area contributed by atoms with Crippen molar-refractivity contribution in [3.63, 3.8) is 0 Å². The summed E-state index contributed by atoms with van der Waals surface area (Å²) in [5, 5.41) is 19.3. The molecule has 1 unspecified atom stereocenters. The Bertz CT molecular complexity index is 1000. The minimum atomic E-state index is -4.90. The largest absolute Gasteiger partial charge is 0.504 e. The van der Waals surface area contributed by atoms with Gasteiger partial charge in [0.05, 0.1) is 6.04 Å². The van der Waals surface area contributed by atoms with Gasteiger partial charge in [0.15, 0.2) is 11.5 Å². The number of aromatic hydroxyl groups is 2. The number of hydrogen-bond donors (Lipinski definition) is 6. The molecule has 0 radical (unpaired) electrons. The van der Waals surface area contributed by atoms with Gasteiger partial charge < -0.3 is 20.8 Å². The van der Waals surface area contributed by atoms with Crippen LogP contribution in [0.5, 0.6) is 11.5 Å². The average molecular weight is 459 g/mol. The van der Waals surface area contributed by atoms with Crippen LogP contribution < -0.4 is 16.6 Å². The maximum Gasteiger partial charge on any atom is 0.418 e. The van der Waals surface area contributed by atoms with Crippen molar-refractivity contribution in [2.45, 2.75) is 37.4 Å². The average Bonchev–Trinajstić information content (AvgIpc) is 2.91. The Hall–Kier alpha value is -3.14. The number of phenols is 2. The van der Waals surface area contributed by atoms with E-state index in [4.69, 9.17) is 10.3 Å². The number of hydrazine groups is 1. The molecule has 0 aromatic heterocycles. The molecule has 15 heteroatoms. The predicted octanol–water partition coefficient (Wildman–Crippen LogP) is -1.36. The minimum absolute atomic E-state index is 0.00953. The number of nitrogens with one attached hydrogen (secondary N) is 2. The van der Waals surface area contributed by atoms with Crippen molar-refractivity contribution in [2.24, 2.45) is 5.73 Å². The maximum atomic E-state index is 12.4. The number of hydroxylamine groups is 2. The lowest BCUT2D eigenvalue weighted by Gasteiger charge is -2.29. The summed E-state index contributed by atoms with van der Waals surface area (Å²) in [6, 6.07) is 0.510. The molecule has 1 aromatic rings. The monoisotopic (exact) mass is 459 g/mol. The molecule has 3 atom stereocenters. The fourth-order valence-electron chi connectivity index (χ4n) is 3.46. The van der Waals surface area contributed by atoms with Gasteiger partial charge in [-0.3, -0.25) is 25.0 Å². The number of phenolic OH excluding ortho intramolecular Hbond substituents is 2. The van der Waals surface area contributed by atoms with Gasteiger partial charge >= 0.3 is 16.4 Å². The third-order valence-corrected chi connectivity index (χ3v) is 5.31. The van der Waals surface area contributed by atoms with Gasteiger partial charge in [-0.25, -0.2) is 4.79 Å². The van der Waals surface area contributed by atoms with Crippen molar-refractivity contribution in [2.75, 3.05) is 6.54 Å². The van der Waals surface area contributed by atoms with Gasteiger partial charge in [0.2, 0.25) is 5.91 Å². The first-order valence-corrected chi connectivity index (χ1v) is 10.5. The van der Waals surface area contributed by atoms with E-state index in [9.17, 15) is 33.0 Å². The number of hydrogen-bond acceptors (Lipinski definition) is 9. The van der Waals surface area contributed by atoms with Gasteiger partial charge in [0.1, 0.15) is 6.04 Å². The van der Waals surface area contributed by atoms with Crippen LogP contribution in [0.25, 0.3) is 0 Å². The number of nitrogens with two attached hydrogens (primary N) is 1. The van der Waals surface area contributed by atoms with Crippen LogP contribution in [0.15, 0.2) is 18.2 Å². The zero-order valence-electron chi connectivity index (χ0n) is 16.0. The molecule has 14 nitrogen and oxygen atoms in total. The van der Waals surface area contributed by atoms with Crippen LogP contribution in [0.4, 0.5) is 4.79 Å². The van der Waals surface area contributed by atoms with Crippen molar-refractivity contribution >= 4 is 28.2 Å². The van der Waals surface area contributed by atoms with E-state index in [1.54, 1.807) is 0 Å². The van der Waals surface area contributed by atoms with Crippen molar-refractivity contribution in [1.82, 2.24) is 20.8 Å². The smallest absolute Gasteiger partial charge is 0.418 e. The molecular weight excluding hydrogens is 438 g/mol. The van der Waals surface area contributed by atoms with Crippen LogP contribution >= 0.6 is 0 Å². The third kappa shape index (κ3) is 5.13. The maximum absolute atomic E-state index is 12.4. The Kier molecular flexibility index (Phi) is 6.21. The zero-order valence-corrected chi connectivity index (χ0v) is 16.8. The first kappa shape index (κ1) is 22.5. The molecule has 1 aromatic carbocycles. The first-order chi connectivity index (χ1) is 14.5. The summed E-state index contributed by atoms with van der Waals surface area (Å²) >= 11 is 0. The highest BCUT2D eigenvalue weighted by Gasteiger charge is 2.49. The standard InChI is InChI=1S/C16H21N5O9S/c17-10(8-1-4-12(22)13(23)5-8)6-14(24)18-19-15(25)11-3-2-9-7-20(11)16(26)21(9)30-31(27,28)29/h1,4-5,9-11,22-23H,2-3,6-7,17H2,(H,18,24)(H,19,25)(H,27,28,29)/t9-,10?,11-/m0/s1. The van der Waals surface area contributed by atoms with Crippen LogP contribution in [0.1, 0.15) is 30.9 Å². The molecule has 2 bridgehead atoms. The number of amides is 4. The van der Waals surface area contributed by atoms with Crippen LogP contribution in [-0.4, -0.2) is 69.6 Å². The Morgan fingerprint density at radius 1 is 1.23 bits per heavy atom. The number of carbonyl (C=O) groups is 3.